The number of rotatable bonds is 5. The van der Waals surface area contributed by atoms with Crippen LogP contribution in [0.2, 0.25) is 0 Å². The molecule has 2 N–H and O–H groups in total. The fraction of sp³-hybridized carbons (Fsp3) is 0.562. The van der Waals surface area contributed by atoms with Gasteiger partial charge in [-0.1, -0.05) is 30.3 Å². The van der Waals surface area contributed by atoms with Crippen molar-refractivity contribution in [3.8, 4) is 0 Å². The van der Waals surface area contributed by atoms with E-state index < -0.39 is 38.0 Å². The molecular weight excluding hydrogens is 365 g/mol. The van der Waals surface area contributed by atoms with Crippen molar-refractivity contribution in [1.29, 1.82) is 0 Å². The first-order chi connectivity index (χ1) is 12.1. The van der Waals surface area contributed by atoms with Crippen LogP contribution in [0, 0.1) is 0 Å². The Kier molecular flexibility index (Phi) is 5.39. The number of carbonyl (C=O) groups excluding carboxylic acids is 1. The highest BCUT2D eigenvalue weighted by molar-refractivity contribution is 7.46. The lowest BCUT2D eigenvalue weighted by Gasteiger charge is -2.29. The van der Waals surface area contributed by atoms with E-state index in [4.69, 9.17) is 24.0 Å². The van der Waals surface area contributed by atoms with Crippen molar-refractivity contribution in [1.82, 2.24) is 4.90 Å². The number of likely N-dealkylation sites (tertiary alicyclic amines) is 1. The molecule has 2 heterocycles. The summed E-state index contributed by atoms with van der Waals surface area (Å²) in [5.41, 5.74) is 0.830. The predicted octanol–water partition coefficient (Wildman–Crippen LogP) is 1.64. The van der Waals surface area contributed by atoms with Crippen LogP contribution < -0.4 is 0 Å². The van der Waals surface area contributed by atoms with Crippen molar-refractivity contribution in [3.05, 3.63) is 35.9 Å². The van der Waals surface area contributed by atoms with E-state index in [9.17, 15) is 9.36 Å². The van der Waals surface area contributed by atoms with E-state index >= 15 is 0 Å². The summed E-state index contributed by atoms with van der Waals surface area (Å²) in [5, 5.41) is 0. The number of nitrogens with zero attached hydrogens (tertiary/aromatic N) is 1. The second-order valence-electron chi connectivity index (χ2n) is 6.68. The third kappa shape index (κ3) is 4.62. The number of amides is 1. The van der Waals surface area contributed by atoms with Crippen molar-refractivity contribution in [3.63, 3.8) is 0 Å². The Hall–Kier alpha value is -1.48. The lowest BCUT2D eigenvalue weighted by molar-refractivity contribution is -0.161. The highest BCUT2D eigenvalue weighted by atomic mass is 31.2. The molecule has 0 bridgehead atoms. The molecule has 2 fully saturated rings. The Bertz CT molecular complexity index is 691. The van der Waals surface area contributed by atoms with Crippen LogP contribution in [-0.2, 0) is 29.9 Å². The van der Waals surface area contributed by atoms with Crippen LogP contribution in [0.1, 0.15) is 19.4 Å². The number of ether oxygens (including phenoxy) is 3. The van der Waals surface area contributed by atoms with Gasteiger partial charge in [-0.2, -0.15) is 0 Å². The quantitative estimate of drug-likeness (QED) is 0.733. The molecule has 0 aromatic heterocycles. The Labute approximate surface area is 151 Å². The summed E-state index contributed by atoms with van der Waals surface area (Å²) in [6.07, 6.45) is -1.59. The highest BCUT2D eigenvalue weighted by Crippen LogP contribution is 2.41. The van der Waals surface area contributed by atoms with Crippen LogP contribution in [0.25, 0.3) is 0 Å². The summed E-state index contributed by atoms with van der Waals surface area (Å²) in [4.78, 5) is 31.8. The molecular formula is C16H22NO8P. The van der Waals surface area contributed by atoms with Gasteiger partial charge in [0.25, 0.3) is 0 Å². The Morgan fingerprint density at radius 2 is 2.00 bits per heavy atom. The van der Waals surface area contributed by atoms with Gasteiger partial charge in [-0.3, -0.25) is 9.42 Å². The molecule has 0 aliphatic carbocycles. The normalized spacial score (nSPS) is 27.4. The molecule has 0 saturated carbocycles. The van der Waals surface area contributed by atoms with Gasteiger partial charge < -0.3 is 24.0 Å². The molecule has 2 saturated heterocycles. The molecule has 3 atom stereocenters. The van der Waals surface area contributed by atoms with Gasteiger partial charge in [0, 0.05) is 0 Å². The average Bonchev–Trinajstić information content (AvgIpc) is 3.02. The SMILES string of the molecule is CC1(C)O[C@H]2[C@H](CN(C(=O)OCc3ccccc3)[C@@H]2COP(=O)(O)O)O1. The smallest absolute Gasteiger partial charge is 0.445 e. The summed E-state index contributed by atoms with van der Waals surface area (Å²) < 4.78 is 32.5. The molecule has 2 aliphatic rings. The maximum Gasteiger partial charge on any atom is 0.469 e. The fourth-order valence-corrected chi connectivity index (χ4v) is 3.55. The van der Waals surface area contributed by atoms with Gasteiger partial charge in [0.15, 0.2) is 5.79 Å². The molecule has 10 heteroatoms. The Balaban J connectivity index is 1.67. The maximum absolute atomic E-state index is 12.5. The highest BCUT2D eigenvalue weighted by Gasteiger charge is 2.54. The minimum atomic E-state index is -4.68. The topological polar surface area (TPSA) is 115 Å². The van der Waals surface area contributed by atoms with E-state index in [0.717, 1.165) is 5.56 Å². The van der Waals surface area contributed by atoms with Gasteiger partial charge in [-0.05, 0) is 19.4 Å². The van der Waals surface area contributed by atoms with Crippen LogP contribution in [0.15, 0.2) is 30.3 Å². The first-order valence-corrected chi connectivity index (χ1v) is 9.71. The second-order valence-corrected chi connectivity index (χ2v) is 7.92. The monoisotopic (exact) mass is 387 g/mol. The van der Waals surface area contributed by atoms with E-state index in [0.29, 0.717) is 0 Å². The van der Waals surface area contributed by atoms with Crippen molar-refractivity contribution < 1.29 is 37.9 Å². The first-order valence-electron chi connectivity index (χ1n) is 8.18. The van der Waals surface area contributed by atoms with Crippen molar-refractivity contribution in [2.24, 2.45) is 0 Å². The van der Waals surface area contributed by atoms with Gasteiger partial charge >= 0.3 is 13.9 Å². The minimum Gasteiger partial charge on any atom is -0.445 e. The summed E-state index contributed by atoms with van der Waals surface area (Å²) in [5.74, 6) is -0.838. The van der Waals surface area contributed by atoms with Gasteiger partial charge in [0.1, 0.15) is 18.8 Å². The van der Waals surface area contributed by atoms with Crippen LogP contribution in [-0.4, -0.2) is 58.0 Å². The number of hydrogen-bond acceptors (Lipinski definition) is 6. The number of hydrogen-bond donors (Lipinski definition) is 2. The van der Waals surface area contributed by atoms with Crippen LogP contribution in [0.3, 0.4) is 0 Å². The third-order valence-corrected chi connectivity index (χ3v) is 4.72. The van der Waals surface area contributed by atoms with Crippen LogP contribution in [0.5, 0.6) is 0 Å². The Morgan fingerprint density at radius 3 is 2.65 bits per heavy atom. The lowest BCUT2D eigenvalue weighted by Crippen LogP contribution is -2.44. The van der Waals surface area contributed by atoms with Gasteiger partial charge in [0.05, 0.1) is 19.2 Å². The molecule has 0 unspecified atom stereocenters. The zero-order chi connectivity index (χ0) is 18.9. The molecule has 1 amide bonds. The molecule has 26 heavy (non-hydrogen) atoms. The summed E-state index contributed by atoms with van der Waals surface area (Å²) in [6.45, 7) is 3.38. The largest absolute Gasteiger partial charge is 0.469 e. The molecule has 9 nitrogen and oxygen atoms in total. The zero-order valence-corrected chi connectivity index (χ0v) is 15.4. The molecule has 144 valence electrons. The molecule has 0 spiro atoms. The molecule has 1 aromatic carbocycles. The maximum atomic E-state index is 12.5. The van der Waals surface area contributed by atoms with Crippen LogP contribution in [0.4, 0.5) is 4.79 Å². The minimum absolute atomic E-state index is 0.0881. The lowest BCUT2D eigenvalue weighted by atomic mass is 10.1. The number of phosphoric acid groups is 1. The van der Waals surface area contributed by atoms with Crippen LogP contribution >= 0.6 is 7.82 Å². The van der Waals surface area contributed by atoms with E-state index in [1.807, 2.05) is 30.3 Å². The average molecular weight is 387 g/mol. The van der Waals surface area contributed by atoms with Gasteiger partial charge in [0.2, 0.25) is 0 Å². The van der Waals surface area contributed by atoms with E-state index in [1.54, 1.807) is 13.8 Å². The molecule has 0 radical (unpaired) electrons. The number of phosphoric ester groups is 1. The standard InChI is InChI=1S/C16H22NO8P/c1-16(2)24-13-8-17(12(14(13)25-16)10-23-26(19,20)21)15(18)22-9-11-6-4-3-5-7-11/h3-7,12-14H,8-10H2,1-2H3,(H2,19,20,21)/t12-,13+,14-/m1/s1. The fourth-order valence-electron chi connectivity index (χ4n) is 3.21. The third-order valence-electron chi connectivity index (χ3n) is 4.23. The van der Waals surface area contributed by atoms with Gasteiger partial charge in [-0.25, -0.2) is 9.36 Å². The summed E-state index contributed by atoms with van der Waals surface area (Å²) in [6, 6.07) is 8.47. The molecule has 2 aliphatic heterocycles. The number of fused-ring (bicyclic) bond motifs is 1. The van der Waals surface area contributed by atoms with E-state index in [1.165, 1.54) is 4.90 Å². The van der Waals surface area contributed by atoms with Gasteiger partial charge in [-0.15, -0.1) is 0 Å². The van der Waals surface area contributed by atoms with E-state index in [2.05, 4.69) is 4.52 Å². The van der Waals surface area contributed by atoms with Crippen molar-refractivity contribution in [2.75, 3.05) is 13.2 Å². The summed E-state index contributed by atoms with van der Waals surface area (Å²) >= 11 is 0. The molecule has 3 rings (SSSR count). The van der Waals surface area contributed by atoms with E-state index in [-0.39, 0.29) is 19.8 Å². The summed E-state index contributed by atoms with van der Waals surface area (Å²) in [7, 11) is -4.68. The molecule has 1 aromatic rings. The van der Waals surface area contributed by atoms with Crippen molar-refractivity contribution in [2.45, 2.75) is 44.5 Å². The number of benzene rings is 1. The first kappa shape index (κ1) is 19.3. The Morgan fingerprint density at radius 1 is 1.31 bits per heavy atom. The van der Waals surface area contributed by atoms with Crippen molar-refractivity contribution >= 4 is 13.9 Å². The number of carbonyl (C=O) groups is 1. The second kappa shape index (κ2) is 7.26. The predicted molar refractivity (Wildman–Crippen MR) is 88.9 cm³/mol. The zero-order valence-electron chi connectivity index (χ0n) is 14.5.